The Morgan fingerprint density at radius 1 is 1.35 bits per heavy atom. The number of hydrogen-bond acceptors (Lipinski definition) is 4. The van der Waals surface area contributed by atoms with Crippen LogP contribution in [0.3, 0.4) is 0 Å². The van der Waals surface area contributed by atoms with Crippen molar-refractivity contribution in [1.29, 1.82) is 0 Å². The maximum atomic E-state index is 12.3. The molecule has 1 aromatic rings. The second-order valence-electron chi connectivity index (χ2n) is 9.53. The van der Waals surface area contributed by atoms with Gasteiger partial charge in [-0.25, -0.2) is 4.79 Å². The molecule has 1 saturated carbocycles. The van der Waals surface area contributed by atoms with Gasteiger partial charge >= 0.3 is 5.69 Å². The lowest BCUT2D eigenvalue weighted by molar-refractivity contribution is -0.0992. The molecule has 3 rings (SSSR count). The average Bonchev–Trinajstić information content (AvgIpc) is 2.85. The number of nitrogens with one attached hydrogen (secondary N) is 1. The Balaban J connectivity index is 1.97. The van der Waals surface area contributed by atoms with Crippen LogP contribution in [-0.4, -0.2) is 29.6 Å². The van der Waals surface area contributed by atoms with Crippen molar-refractivity contribution in [1.82, 2.24) is 9.55 Å². The summed E-state index contributed by atoms with van der Waals surface area (Å²) < 4.78 is 14.9. The van der Waals surface area contributed by atoms with Crippen LogP contribution in [0.15, 0.2) is 21.9 Å². The highest BCUT2D eigenvalue weighted by Gasteiger charge is 2.57. The molecule has 1 N–H and O–H groups in total. The van der Waals surface area contributed by atoms with Crippen LogP contribution in [0.4, 0.5) is 0 Å². The van der Waals surface area contributed by atoms with Crippen LogP contribution >= 0.6 is 0 Å². The summed E-state index contributed by atoms with van der Waals surface area (Å²) in [6, 6.07) is 1.37. The Hall–Kier alpha value is -1.18. The van der Waals surface area contributed by atoms with E-state index in [-0.39, 0.29) is 22.3 Å². The van der Waals surface area contributed by atoms with Crippen LogP contribution in [0.25, 0.3) is 0 Å². The van der Waals surface area contributed by atoms with Gasteiger partial charge in [-0.1, -0.05) is 34.1 Å². The summed E-state index contributed by atoms with van der Waals surface area (Å²) in [5.74, 6) is 0.386. The van der Waals surface area contributed by atoms with E-state index in [9.17, 15) is 9.59 Å². The molecule has 1 saturated heterocycles. The Morgan fingerprint density at radius 2 is 2.04 bits per heavy atom. The summed E-state index contributed by atoms with van der Waals surface area (Å²) in [5.41, 5.74) is -1.15. The lowest BCUT2D eigenvalue weighted by Gasteiger charge is -2.49. The fourth-order valence-corrected chi connectivity index (χ4v) is 5.78. The minimum absolute atomic E-state index is 0.0193. The van der Waals surface area contributed by atoms with Crippen molar-refractivity contribution in [3.63, 3.8) is 0 Å². The van der Waals surface area contributed by atoms with Gasteiger partial charge in [0.15, 0.2) is 8.32 Å². The zero-order valence-electron chi connectivity index (χ0n) is 16.8. The van der Waals surface area contributed by atoms with E-state index in [1.165, 1.54) is 16.8 Å². The van der Waals surface area contributed by atoms with Crippen molar-refractivity contribution in [2.75, 3.05) is 0 Å². The largest absolute Gasteiger partial charge is 0.409 e. The van der Waals surface area contributed by atoms with Gasteiger partial charge in [-0.05, 0) is 36.9 Å². The van der Waals surface area contributed by atoms with Crippen molar-refractivity contribution in [3.05, 3.63) is 33.1 Å². The first-order valence-corrected chi connectivity index (χ1v) is 12.5. The molecule has 0 bridgehead atoms. The normalized spacial score (nSPS) is 32.5. The van der Waals surface area contributed by atoms with Gasteiger partial charge in [0.05, 0.1) is 11.7 Å². The number of rotatable bonds is 3. The van der Waals surface area contributed by atoms with Gasteiger partial charge in [0.2, 0.25) is 0 Å². The number of nitrogens with zero attached hydrogens (tertiary/aromatic N) is 1. The fourth-order valence-electron chi connectivity index (χ4n) is 4.15. The molecule has 7 heteroatoms. The monoisotopic (exact) mass is 380 g/mol. The lowest BCUT2D eigenvalue weighted by atomic mass is 9.76. The molecule has 0 unspecified atom stereocenters. The first-order chi connectivity index (χ1) is 12.0. The first-order valence-electron chi connectivity index (χ1n) is 9.62. The van der Waals surface area contributed by atoms with Crippen LogP contribution in [0.2, 0.25) is 18.1 Å². The van der Waals surface area contributed by atoms with E-state index < -0.39 is 20.2 Å². The molecule has 26 heavy (non-hydrogen) atoms. The fraction of sp³-hybridized carbons (Fsp3) is 0.789. The molecule has 4 atom stereocenters. The minimum Gasteiger partial charge on any atom is -0.409 e. The van der Waals surface area contributed by atoms with E-state index in [0.717, 1.165) is 19.3 Å². The number of fused-ring (bicyclic) bond motifs is 1. The van der Waals surface area contributed by atoms with E-state index in [2.05, 4.69) is 45.8 Å². The average molecular weight is 381 g/mol. The highest BCUT2D eigenvalue weighted by molar-refractivity contribution is 6.74. The molecule has 0 amide bonds. The Kier molecular flexibility index (Phi) is 4.86. The maximum Gasteiger partial charge on any atom is 0.330 e. The Bertz CT molecular complexity index is 779. The molecule has 0 radical (unpaired) electrons. The first kappa shape index (κ1) is 19.6. The molecule has 2 heterocycles. The van der Waals surface area contributed by atoms with Crippen LogP contribution in [0, 0.1) is 5.92 Å². The predicted molar refractivity (Wildman–Crippen MR) is 104 cm³/mol. The molecule has 1 aliphatic carbocycles. The van der Waals surface area contributed by atoms with Crippen molar-refractivity contribution < 1.29 is 9.16 Å². The lowest BCUT2D eigenvalue weighted by Crippen LogP contribution is -2.56. The standard InChI is InChI=1S/C19H32N2O4Si/c1-13-8-7-10-19(25-26(5,6)18(2,3)4)12-15(24-16(13)19)21-11-9-14(22)20-17(21)23/h9,11,13,15-16H,7-8,10,12H2,1-6H3,(H,20,22,23)/t13-,15+,16-,19+/m0/s1. The van der Waals surface area contributed by atoms with Crippen LogP contribution in [-0.2, 0) is 9.16 Å². The number of ether oxygens (including phenoxy) is 1. The van der Waals surface area contributed by atoms with Gasteiger partial charge in [0.25, 0.3) is 5.56 Å². The van der Waals surface area contributed by atoms with E-state index in [1.807, 2.05) is 0 Å². The number of H-pyrrole nitrogens is 1. The summed E-state index contributed by atoms with van der Waals surface area (Å²) in [7, 11) is -2.00. The molecule has 1 aromatic heterocycles. The Morgan fingerprint density at radius 3 is 2.65 bits per heavy atom. The second kappa shape index (κ2) is 6.46. The third-order valence-corrected chi connectivity index (χ3v) is 11.1. The number of aromatic amines is 1. The van der Waals surface area contributed by atoms with Gasteiger partial charge in [-0.15, -0.1) is 0 Å². The van der Waals surface area contributed by atoms with Gasteiger partial charge in [-0.3, -0.25) is 14.3 Å². The summed E-state index contributed by atoms with van der Waals surface area (Å²) >= 11 is 0. The summed E-state index contributed by atoms with van der Waals surface area (Å²) in [4.78, 5) is 26.0. The van der Waals surface area contributed by atoms with Gasteiger partial charge in [0, 0.05) is 18.7 Å². The summed E-state index contributed by atoms with van der Waals surface area (Å²) in [5, 5.41) is 0.111. The highest BCUT2D eigenvalue weighted by Crippen LogP contribution is 2.52. The summed E-state index contributed by atoms with van der Waals surface area (Å²) in [6.07, 6.45) is 4.96. The van der Waals surface area contributed by atoms with Crippen molar-refractivity contribution in [3.8, 4) is 0 Å². The molecule has 2 fully saturated rings. The highest BCUT2D eigenvalue weighted by atomic mass is 28.4. The van der Waals surface area contributed by atoms with Crippen molar-refractivity contribution in [2.45, 2.75) is 89.4 Å². The molecular weight excluding hydrogens is 348 g/mol. The van der Waals surface area contributed by atoms with Crippen LogP contribution in [0.5, 0.6) is 0 Å². The predicted octanol–water partition coefficient (Wildman–Crippen LogP) is 3.40. The molecular formula is C19H32N2O4Si. The van der Waals surface area contributed by atoms with Gasteiger partial charge in [0.1, 0.15) is 6.23 Å². The van der Waals surface area contributed by atoms with Crippen molar-refractivity contribution in [2.24, 2.45) is 5.92 Å². The smallest absolute Gasteiger partial charge is 0.330 e. The van der Waals surface area contributed by atoms with Crippen LogP contribution in [0.1, 0.15) is 59.6 Å². The van der Waals surface area contributed by atoms with E-state index in [4.69, 9.17) is 9.16 Å². The van der Waals surface area contributed by atoms with Crippen molar-refractivity contribution >= 4 is 8.32 Å². The molecule has 1 aliphatic heterocycles. The second-order valence-corrected chi connectivity index (χ2v) is 14.3. The van der Waals surface area contributed by atoms with Gasteiger partial charge in [-0.2, -0.15) is 0 Å². The zero-order chi connectivity index (χ0) is 19.3. The molecule has 2 aliphatic rings. The topological polar surface area (TPSA) is 73.3 Å². The molecule has 146 valence electrons. The SMILES string of the molecule is C[C@H]1CCC[C@@]2(O[Si](C)(C)C(C)(C)C)C[C@H](n3ccc(=O)[nH]c3=O)O[C@@H]12. The van der Waals surface area contributed by atoms with E-state index in [0.29, 0.717) is 12.3 Å². The molecule has 0 spiro atoms. The molecule has 0 aromatic carbocycles. The third kappa shape index (κ3) is 3.36. The minimum atomic E-state index is -2.00. The Labute approximate surface area is 156 Å². The zero-order valence-corrected chi connectivity index (χ0v) is 17.8. The maximum absolute atomic E-state index is 12.3. The van der Waals surface area contributed by atoms with E-state index in [1.54, 1.807) is 0 Å². The third-order valence-electron chi connectivity index (χ3n) is 6.54. The number of aromatic nitrogens is 2. The summed E-state index contributed by atoms with van der Waals surface area (Å²) in [6.45, 7) is 13.5. The van der Waals surface area contributed by atoms with E-state index >= 15 is 0 Å². The van der Waals surface area contributed by atoms with Crippen LogP contribution < -0.4 is 11.2 Å². The van der Waals surface area contributed by atoms with Gasteiger partial charge < -0.3 is 9.16 Å². The number of hydrogen-bond donors (Lipinski definition) is 1. The quantitative estimate of drug-likeness (QED) is 0.816. The molecule has 6 nitrogen and oxygen atoms in total.